The second kappa shape index (κ2) is 5.62. The minimum atomic E-state index is -0.847. The van der Waals surface area contributed by atoms with Crippen LogP contribution >= 0.6 is 0 Å². The maximum atomic E-state index is 12.2. The predicted molar refractivity (Wildman–Crippen MR) is 87.0 cm³/mol. The van der Waals surface area contributed by atoms with E-state index < -0.39 is 11.2 Å². The minimum Gasteiger partial charge on any atom is -0.444 e. The number of likely N-dealkylation sites (tertiary alicyclic amines) is 1. The van der Waals surface area contributed by atoms with E-state index in [1.165, 1.54) is 6.42 Å². The Hall–Kier alpha value is -0.810. The molecule has 0 radical (unpaired) electrons. The van der Waals surface area contributed by atoms with Crippen LogP contribution in [0, 0.1) is 17.3 Å². The van der Waals surface area contributed by atoms with Crippen molar-refractivity contribution in [3.05, 3.63) is 0 Å². The molecular weight excluding hydrogens is 294 g/mol. The first-order valence-corrected chi connectivity index (χ1v) is 9.00. The van der Waals surface area contributed by atoms with E-state index in [1.807, 2.05) is 20.8 Å². The Morgan fingerprint density at radius 1 is 1.26 bits per heavy atom. The zero-order valence-electron chi connectivity index (χ0n) is 14.7. The van der Waals surface area contributed by atoms with Gasteiger partial charge < -0.3 is 19.8 Å². The molecule has 1 aliphatic heterocycles. The molecule has 5 nitrogen and oxygen atoms in total. The molecule has 132 valence electrons. The number of nitrogens with zero attached hydrogens (tertiary/aromatic N) is 1. The average Bonchev–Trinajstić information content (AvgIpc) is 3.07. The number of aliphatic hydroxyl groups is 2. The monoisotopic (exact) mass is 325 g/mol. The average molecular weight is 325 g/mol. The lowest BCUT2D eigenvalue weighted by molar-refractivity contribution is -0.162. The van der Waals surface area contributed by atoms with Gasteiger partial charge in [0.2, 0.25) is 0 Å². The molecule has 23 heavy (non-hydrogen) atoms. The lowest BCUT2D eigenvalue weighted by atomic mass is 9.59. The smallest absolute Gasteiger partial charge is 0.410 e. The Kier molecular flexibility index (Phi) is 4.16. The van der Waals surface area contributed by atoms with Gasteiger partial charge in [0.15, 0.2) is 0 Å². The number of piperidine rings is 1. The number of carbonyl (C=O) groups excluding carboxylic acids is 1. The molecule has 3 fully saturated rings. The predicted octanol–water partition coefficient (Wildman–Crippen LogP) is 2.55. The number of amides is 1. The maximum Gasteiger partial charge on any atom is 0.410 e. The first-order chi connectivity index (χ1) is 10.7. The number of hydrogen-bond acceptors (Lipinski definition) is 4. The van der Waals surface area contributed by atoms with Gasteiger partial charge >= 0.3 is 6.09 Å². The van der Waals surface area contributed by atoms with Crippen LogP contribution in [0.25, 0.3) is 0 Å². The van der Waals surface area contributed by atoms with Crippen molar-refractivity contribution < 1.29 is 19.7 Å². The highest BCUT2D eigenvalue weighted by Crippen LogP contribution is 2.62. The zero-order chi connectivity index (χ0) is 16.9. The number of aliphatic hydroxyl groups excluding tert-OH is 1. The van der Waals surface area contributed by atoms with E-state index in [9.17, 15) is 15.0 Å². The van der Waals surface area contributed by atoms with Gasteiger partial charge in [-0.1, -0.05) is 6.42 Å². The van der Waals surface area contributed by atoms with Gasteiger partial charge in [-0.3, -0.25) is 0 Å². The summed E-state index contributed by atoms with van der Waals surface area (Å²) < 4.78 is 5.43. The van der Waals surface area contributed by atoms with E-state index in [2.05, 4.69) is 0 Å². The van der Waals surface area contributed by atoms with Crippen LogP contribution in [0.5, 0.6) is 0 Å². The Bertz CT molecular complexity index is 464. The first kappa shape index (κ1) is 17.0. The van der Waals surface area contributed by atoms with Crippen molar-refractivity contribution in [2.45, 2.75) is 70.5 Å². The standard InChI is InChI=1S/C18H31NO4/c1-16(2,3)23-15(21)19-8-6-18(22,7-9-19)17(12-20)11-13-4-5-14(17)10-13/h13-14,20,22H,4-12H2,1-3H3. The van der Waals surface area contributed by atoms with E-state index >= 15 is 0 Å². The third kappa shape index (κ3) is 2.86. The van der Waals surface area contributed by atoms with Crippen molar-refractivity contribution in [2.24, 2.45) is 17.3 Å². The van der Waals surface area contributed by atoms with Gasteiger partial charge in [-0.05, 0) is 64.7 Å². The minimum absolute atomic E-state index is 0.0666. The van der Waals surface area contributed by atoms with E-state index in [0.29, 0.717) is 37.8 Å². The SMILES string of the molecule is CC(C)(C)OC(=O)N1CCC(O)(C2(CO)CC3CCC2C3)CC1. The summed E-state index contributed by atoms with van der Waals surface area (Å²) in [5.74, 6) is 1.11. The summed E-state index contributed by atoms with van der Waals surface area (Å²) in [5.41, 5.74) is -1.70. The van der Waals surface area contributed by atoms with Gasteiger partial charge in [-0.25, -0.2) is 4.79 Å². The summed E-state index contributed by atoms with van der Waals surface area (Å²) in [7, 11) is 0. The zero-order valence-corrected chi connectivity index (χ0v) is 14.7. The van der Waals surface area contributed by atoms with Crippen molar-refractivity contribution in [1.29, 1.82) is 0 Å². The quantitative estimate of drug-likeness (QED) is 0.818. The van der Waals surface area contributed by atoms with E-state index in [0.717, 1.165) is 19.3 Å². The number of fused-ring (bicyclic) bond motifs is 2. The van der Waals surface area contributed by atoms with Gasteiger partial charge in [0.1, 0.15) is 5.60 Å². The highest BCUT2D eigenvalue weighted by molar-refractivity contribution is 5.68. The molecule has 3 atom stereocenters. The third-order valence-corrected chi connectivity index (χ3v) is 6.43. The summed E-state index contributed by atoms with van der Waals surface area (Å²) in [6.07, 6.45) is 5.24. The highest BCUT2D eigenvalue weighted by Gasteiger charge is 2.61. The third-order valence-electron chi connectivity index (χ3n) is 6.43. The van der Waals surface area contributed by atoms with E-state index in [4.69, 9.17) is 4.74 Å². The topological polar surface area (TPSA) is 70.0 Å². The van der Waals surface area contributed by atoms with E-state index in [1.54, 1.807) is 4.90 Å². The molecule has 3 rings (SSSR count). The van der Waals surface area contributed by atoms with Crippen molar-refractivity contribution in [2.75, 3.05) is 19.7 Å². The van der Waals surface area contributed by atoms with Gasteiger partial charge in [-0.2, -0.15) is 0 Å². The second-order valence-corrected chi connectivity index (χ2v) is 8.89. The Morgan fingerprint density at radius 2 is 1.91 bits per heavy atom. The van der Waals surface area contributed by atoms with Crippen LogP contribution < -0.4 is 0 Å². The summed E-state index contributed by atoms with van der Waals surface area (Å²) in [5, 5.41) is 21.5. The van der Waals surface area contributed by atoms with Crippen molar-refractivity contribution in [1.82, 2.24) is 4.90 Å². The van der Waals surface area contributed by atoms with Gasteiger partial charge in [0, 0.05) is 18.5 Å². The molecule has 2 bridgehead atoms. The van der Waals surface area contributed by atoms with Crippen molar-refractivity contribution in [3.63, 3.8) is 0 Å². The van der Waals surface area contributed by atoms with Crippen LogP contribution in [0.1, 0.15) is 59.3 Å². The lowest BCUT2D eigenvalue weighted by Gasteiger charge is -2.52. The van der Waals surface area contributed by atoms with Crippen molar-refractivity contribution >= 4 is 6.09 Å². The van der Waals surface area contributed by atoms with E-state index in [-0.39, 0.29) is 18.1 Å². The van der Waals surface area contributed by atoms with Crippen LogP contribution in [-0.2, 0) is 4.74 Å². The second-order valence-electron chi connectivity index (χ2n) is 8.89. The molecule has 1 heterocycles. The fourth-order valence-electron chi connectivity index (χ4n) is 5.24. The Morgan fingerprint density at radius 3 is 2.35 bits per heavy atom. The normalized spacial score (nSPS) is 36.3. The molecule has 3 aliphatic rings. The molecule has 2 aliphatic carbocycles. The summed E-state index contributed by atoms with van der Waals surface area (Å²) >= 11 is 0. The molecule has 1 saturated heterocycles. The first-order valence-electron chi connectivity index (χ1n) is 9.00. The molecule has 0 aromatic carbocycles. The van der Waals surface area contributed by atoms with Crippen molar-refractivity contribution in [3.8, 4) is 0 Å². The number of ether oxygens (including phenoxy) is 1. The molecule has 2 N–H and O–H groups in total. The number of carbonyl (C=O) groups is 1. The molecule has 2 saturated carbocycles. The largest absolute Gasteiger partial charge is 0.444 e. The van der Waals surface area contributed by atoms with Crippen LogP contribution in [0.4, 0.5) is 4.79 Å². The molecule has 3 unspecified atom stereocenters. The fourth-order valence-corrected chi connectivity index (χ4v) is 5.24. The fraction of sp³-hybridized carbons (Fsp3) is 0.944. The molecule has 0 aromatic heterocycles. The van der Waals surface area contributed by atoms with Crippen LogP contribution in [-0.4, -0.2) is 52.1 Å². The van der Waals surface area contributed by atoms with Gasteiger partial charge in [0.25, 0.3) is 0 Å². The summed E-state index contributed by atoms with van der Waals surface area (Å²) in [4.78, 5) is 13.9. The van der Waals surface area contributed by atoms with Crippen LogP contribution in [0.15, 0.2) is 0 Å². The number of hydrogen-bond donors (Lipinski definition) is 2. The molecule has 0 spiro atoms. The van der Waals surface area contributed by atoms with Gasteiger partial charge in [-0.15, -0.1) is 0 Å². The molecule has 1 amide bonds. The molecule has 0 aromatic rings. The van der Waals surface area contributed by atoms with Crippen LogP contribution in [0.2, 0.25) is 0 Å². The summed E-state index contributed by atoms with van der Waals surface area (Å²) in [6, 6.07) is 0. The Labute approximate surface area is 139 Å². The summed E-state index contributed by atoms with van der Waals surface area (Å²) in [6.45, 7) is 6.66. The lowest BCUT2D eigenvalue weighted by Crippen LogP contribution is -2.59. The molecule has 5 heteroatoms. The van der Waals surface area contributed by atoms with Gasteiger partial charge in [0.05, 0.1) is 12.2 Å². The Balaban J connectivity index is 1.66. The number of rotatable bonds is 2. The molecular formula is C18H31NO4. The maximum absolute atomic E-state index is 12.2. The van der Waals surface area contributed by atoms with Crippen LogP contribution in [0.3, 0.4) is 0 Å². The highest BCUT2D eigenvalue weighted by atomic mass is 16.6.